The fourth-order valence-corrected chi connectivity index (χ4v) is 1.58. The summed E-state index contributed by atoms with van der Waals surface area (Å²) in [7, 11) is 0. The Balaban J connectivity index is 2.34. The van der Waals surface area contributed by atoms with E-state index in [0.29, 0.717) is 17.9 Å². The van der Waals surface area contributed by atoms with Gasteiger partial charge in [0.05, 0.1) is 11.8 Å². The van der Waals surface area contributed by atoms with Crippen molar-refractivity contribution in [3.8, 4) is 0 Å². The van der Waals surface area contributed by atoms with Crippen LogP contribution in [0.4, 0.5) is 0 Å². The van der Waals surface area contributed by atoms with Crippen molar-refractivity contribution < 1.29 is 9.21 Å². The first-order valence-corrected chi connectivity index (χ1v) is 5.73. The molecular weight excluding hydrogens is 204 g/mol. The molecule has 0 radical (unpaired) electrons. The minimum atomic E-state index is -0.0570. The molecule has 4 heteroatoms. The smallest absolute Gasteiger partial charge is 0.254 e. The lowest BCUT2D eigenvalue weighted by Crippen LogP contribution is -2.34. The Morgan fingerprint density at radius 1 is 1.44 bits per heavy atom. The summed E-state index contributed by atoms with van der Waals surface area (Å²) in [6, 6.07) is 1.70. The Labute approximate surface area is 96.6 Å². The third-order valence-corrected chi connectivity index (χ3v) is 2.71. The van der Waals surface area contributed by atoms with Crippen molar-refractivity contribution >= 4 is 5.91 Å². The number of carbonyl (C=O) groups excluding carboxylic acids is 1. The standard InChI is InChI=1S/C12H20N2O2/c1-4-14(5-2)8-7-13-12(15)11-6-9-16-10(11)3/h6,9H,4-5,7-8H2,1-3H3,(H,13,15). The van der Waals surface area contributed by atoms with Crippen LogP contribution in [0.5, 0.6) is 0 Å². The van der Waals surface area contributed by atoms with Gasteiger partial charge in [0, 0.05) is 13.1 Å². The van der Waals surface area contributed by atoms with Crippen molar-refractivity contribution in [1.29, 1.82) is 0 Å². The number of amides is 1. The second-order valence-corrected chi connectivity index (χ2v) is 3.67. The van der Waals surface area contributed by atoms with Gasteiger partial charge in [-0.2, -0.15) is 0 Å². The predicted octanol–water partition coefficient (Wildman–Crippen LogP) is 1.66. The first kappa shape index (κ1) is 12.8. The van der Waals surface area contributed by atoms with E-state index in [1.54, 1.807) is 13.0 Å². The molecule has 1 aromatic rings. The maximum absolute atomic E-state index is 11.7. The van der Waals surface area contributed by atoms with Crippen LogP contribution in [0.1, 0.15) is 30.0 Å². The Bertz CT molecular complexity index is 330. The summed E-state index contributed by atoms with van der Waals surface area (Å²) in [5.74, 6) is 0.610. The summed E-state index contributed by atoms with van der Waals surface area (Å²) < 4.78 is 5.08. The molecule has 0 spiro atoms. The zero-order chi connectivity index (χ0) is 12.0. The molecule has 0 aliphatic carbocycles. The molecule has 90 valence electrons. The number of nitrogens with one attached hydrogen (secondary N) is 1. The molecule has 4 nitrogen and oxygen atoms in total. The molecule has 0 aromatic carbocycles. The van der Waals surface area contributed by atoms with E-state index in [9.17, 15) is 4.79 Å². The molecule has 1 N–H and O–H groups in total. The van der Waals surface area contributed by atoms with Gasteiger partial charge in [-0.3, -0.25) is 4.79 Å². The van der Waals surface area contributed by atoms with Crippen molar-refractivity contribution in [2.75, 3.05) is 26.2 Å². The van der Waals surface area contributed by atoms with Crippen LogP contribution < -0.4 is 5.32 Å². The number of likely N-dealkylation sites (N-methyl/N-ethyl adjacent to an activating group) is 1. The lowest BCUT2D eigenvalue weighted by Gasteiger charge is -2.17. The summed E-state index contributed by atoms with van der Waals surface area (Å²) in [5, 5.41) is 2.88. The zero-order valence-corrected chi connectivity index (χ0v) is 10.2. The highest BCUT2D eigenvalue weighted by Crippen LogP contribution is 2.07. The SMILES string of the molecule is CCN(CC)CCNC(=O)c1ccoc1C. The summed E-state index contributed by atoms with van der Waals surface area (Å²) in [6.45, 7) is 9.60. The highest BCUT2D eigenvalue weighted by molar-refractivity contribution is 5.94. The van der Waals surface area contributed by atoms with Crippen molar-refractivity contribution in [3.05, 3.63) is 23.7 Å². The monoisotopic (exact) mass is 224 g/mol. The van der Waals surface area contributed by atoms with E-state index in [0.717, 1.165) is 19.6 Å². The lowest BCUT2D eigenvalue weighted by molar-refractivity contribution is 0.0947. The van der Waals surface area contributed by atoms with Gasteiger partial charge in [-0.1, -0.05) is 13.8 Å². The van der Waals surface area contributed by atoms with Gasteiger partial charge in [0.2, 0.25) is 0 Å². The van der Waals surface area contributed by atoms with Gasteiger partial charge in [0.25, 0.3) is 5.91 Å². The molecule has 1 aromatic heterocycles. The lowest BCUT2D eigenvalue weighted by atomic mass is 10.2. The van der Waals surface area contributed by atoms with Crippen molar-refractivity contribution in [3.63, 3.8) is 0 Å². The Morgan fingerprint density at radius 3 is 2.62 bits per heavy atom. The average molecular weight is 224 g/mol. The van der Waals surface area contributed by atoms with Gasteiger partial charge in [-0.05, 0) is 26.1 Å². The molecule has 0 bridgehead atoms. The number of hydrogen-bond acceptors (Lipinski definition) is 3. The third-order valence-electron chi connectivity index (χ3n) is 2.71. The van der Waals surface area contributed by atoms with Crippen LogP contribution in [0, 0.1) is 6.92 Å². The van der Waals surface area contributed by atoms with Crippen LogP contribution in [-0.4, -0.2) is 37.0 Å². The molecule has 0 fully saturated rings. The van der Waals surface area contributed by atoms with Gasteiger partial charge < -0.3 is 14.6 Å². The summed E-state index contributed by atoms with van der Waals surface area (Å²) in [4.78, 5) is 14.0. The first-order valence-electron chi connectivity index (χ1n) is 5.73. The fraction of sp³-hybridized carbons (Fsp3) is 0.583. The van der Waals surface area contributed by atoms with Gasteiger partial charge >= 0.3 is 0 Å². The quantitative estimate of drug-likeness (QED) is 0.799. The molecule has 1 heterocycles. The van der Waals surface area contributed by atoms with E-state index in [1.165, 1.54) is 6.26 Å². The number of furan rings is 1. The molecule has 0 aliphatic rings. The van der Waals surface area contributed by atoms with Gasteiger partial charge in [-0.15, -0.1) is 0 Å². The summed E-state index contributed by atoms with van der Waals surface area (Å²) in [5.41, 5.74) is 0.625. The maximum Gasteiger partial charge on any atom is 0.254 e. The highest BCUT2D eigenvalue weighted by atomic mass is 16.3. The minimum Gasteiger partial charge on any atom is -0.469 e. The van der Waals surface area contributed by atoms with E-state index >= 15 is 0 Å². The Morgan fingerprint density at radius 2 is 2.12 bits per heavy atom. The first-order chi connectivity index (χ1) is 7.69. The molecule has 0 atom stereocenters. The summed E-state index contributed by atoms with van der Waals surface area (Å²) in [6.07, 6.45) is 1.54. The number of aryl methyl sites for hydroxylation is 1. The maximum atomic E-state index is 11.7. The van der Waals surface area contributed by atoms with E-state index < -0.39 is 0 Å². The third kappa shape index (κ3) is 3.38. The molecule has 1 rings (SSSR count). The number of carbonyl (C=O) groups is 1. The van der Waals surface area contributed by atoms with E-state index in [1.807, 2.05) is 0 Å². The molecule has 0 saturated heterocycles. The molecule has 16 heavy (non-hydrogen) atoms. The van der Waals surface area contributed by atoms with Crippen LogP contribution in [0.3, 0.4) is 0 Å². The molecule has 1 amide bonds. The van der Waals surface area contributed by atoms with E-state index in [4.69, 9.17) is 4.42 Å². The average Bonchev–Trinajstić information content (AvgIpc) is 2.70. The van der Waals surface area contributed by atoms with Crippen LogP contribution in [-0.2, 0) is 0 Å². The number of nitrogens with zero attached hydrogens (tertiary/aromatic N) is 1. The topological polar surface area (TPSA) is 45.5 Å². The largest absolute Gasteiger partial charge is 0.469 e. The molecule has 0 saturated carbocycles. The molecular formula is C12H20N2O2. The van der Waals surface area contributed by atoms with Crippen LogP contribution >= 0.6 is 0 Å². The molecule has 0 aliphatic heterocycles. The highest BCUT2D eigenvalue weighted by Gasteiger charge is 2.10. The summed E-state index contributed by atoms with van der Waals surface area (Å²) >= 11 is 0. The van der Waals surface area contributed by atoms with Crippen LogP contribution in [0.2, 0.25) is 0 Å². The van der Waals surface area contributed by atoms with E-state index in [2.05, 4.69) is 24.1 Å². The van der Waals surface area contributed by atoms with Crippen molar-refractivity contribution in [1.82, 2.24) is 10.2 Å². The van der Waals surface area contributed by atoms with Crippen molar-refractivity contribution in [2.45, 2.75) is 20.8 Å². The fourth-order valence-electron chi connectivity index (χ4n) is 1.58. The minimum absolute atomic E-state index is 0.0570. The Kier molecular flexibility index (Phi) is 5.05. The number of rotatable bonds is 6. The number of hydrogen-bond donors (Lipinski definition) is 1. The Hall–Kier alpha value is -1.29. The second-order valence-electron chi connectivity index (χ2n) is 3.67. The van der Waals surface area contributed by atoms with Gasteiger partial charge in [0.15, 0.2) is 0 Å². The van der Waals surface area contributed by atoms with Gasteiger partial charge in [0.1, 0.15) is 5.76 Å². The zero-order valence-electron chi connectivity index (χ0n) is 10.2. The normalized spacial score (nSPS) is 10.8. The van der Waals surface area contributed by atoms with E-state index in [-0.39, 0.29) is 5.91 Å². The van der Waals surface area contributed by atoms with Crippen LogP contribution in [0.15, 0.2) is 16.7 Å². The van der Waals surface area contributed by atoms with Crippen molar-refractivity contribution in [2.24, 2.45) is 0 Å². The second kappa shape index (κ2) is 6.33. The van der Waals surface area contributed by atoms with Crippen LogP contribution in [0.25, 0.3) is 0 Å². The molecule has 0 unspecified atom stereocenters. The van der Waals surface area contributed by atoms with Gasteiger partial charge in [-0.25, -0.2) is 0 Å². The predicted molar refractivity (Wildman–Crippen MR) is 63.6 cm³/mol.